The lowest BCUT2D eigenvalue weighted by Gasteiger charge is -2.35. The molecule has 0 radical (unpaired) electrons. The summed E-state index contributed by atoms with van der Waals surface area (Å²) in [6.07, 6.45) is 4.46. The minimum absolute atomic E-state index is 0.290. The van der Waals surface area contributed by atoms with Crippen LogP contribution in [0.15, 0.2) is 18.2 Å². The third-order valence-electron chi connectivity index (χ3n) is 4.12. The first-order valence-corrected chi connectivity index (χ1v) is 7.45. The Hall–Kier alpha value is -0.770. The number of benzene rings is 1. The Morgan fingerprint density at radius 3 is 2.58 bits per heavy atom. The summed E-state index contributed by atoms with van der Waals surface area (Å²) in [5, 5.41) is 10.6. The number of nitrogens with two attached hydrogens (primary N) is 1. The number of hydrogen-bond acceptors (Lipinski definition) is 3. The Kier molecular flexibility index (Phi) is 5.08. The van der Waals surface area contributed by atoms with Crippen molar-refractivity contribution in [3.05, 3.63) is 28.8 Å². The number of halogens is 1. The summed E-state index contributed by atoms with van der Waals surface area (Å²) in [4.78, 5) is 2.40. The van der Waals surface area contributed by atoms with E-state index in [2.05, 4.69) is 11.8 Å². The molecule has 1 fully saturated rings. The molecule has 0 amide bonds. The molecule has 3 nitrogen and oxygen atoms in total. The standard InChI is InChI=1S/C15H23ClN2O/c1-2-18(12-8-6-11(17)7-9-12)10-13-14(16)4-3-5-15(13)19/h3-5,11-12,19H,2,6-10,17H2,1H3. The highest BCUT2D eigenvalue weighted by molar-refractivity contribution is 6.31. The van der Waals surface area contributed by atoms with E-state index in [4.69, 9.17) is 17.3 Å². The van der Waals surface area contributed by atoms with Crippen molar-refractivity contribution in [2.75, 3.05) is 6.54 Å². The van der Waals surface area contributed by atoms with Crippen LogP contribution in [-0.4, -0.2) is 28.6 Å². The number of nitrogens with zero attached hydrogens (tertiary/aromatic N) is 1. The molecule has 106 valence electrons. The minimum Gasteiger partial charge on any atom is -0.508 e. The van der Waals surface area contributed by atoms with Gasteiger partial charge in [0.2, 0.25) is 0 Å². The summed E-state index contributed by atoms with van der Waals surface area (Å²) in [6, 6.07) is 6.23. The summed E-state index contributed by atoms with van der Waals surface area (Å²) in [5.74, 6) is 0.290. The predicted octanol–water partition coefficient (Wildman–Crippen LogP) is 3.14. The van der Waals surface area contributed by atoms with E-state index in [1.807, 2.05) is 6.07 Å². The maximum atomic E-state index is 9.95. The van der Waals surface area contributed by atoms with Crippen molar-refractivity contribution in [1.29, 1.82) is 0 Å². The van der Waals surface area contributed by atoms with Crippen molar-refractivity contribution in [3.8, 4) is 5.75 Å². The van der Waals surface area contributed by atoms with Crippen LogP contribution in [0.1, 0.15) is 38.2 Å². The smallest absolute Gasteiger partial charge is 0.121 e. The summed E-state index contributed by atoms with van der Waals surface area (Å²) in [5.41, 5.74) is 6.79. The maximum absolute atomic E-state index is 9.95. The van der Waals surface area contributed by atoms with E-state index < -0.39 is 0 Å². The highest BCUT2D eigenvalue weighted by Gasteiger charge is 2.24. The van der Waals surface area contributed by atoms with Gasteiger partial charge in [-0.15, -0.1) is 0 Å². The molecule has 19 heavy (non-hydrogen) atoms. The lowest BCUT2D eigenvalue weighted by atomic mass is 9.90. The summed E-state index contributed by atoms with van der Waals surface area (Å²) in [7, 11) is 0. The molecule has 0 atom stereocenters. The van der Waals surface area contributed by atoms with Crippen molar-refractivity contribution in [3.63, 3.8) is 0 Å². The average Bonchev–Trinajstić information content (AvgIpc) is 2.40. The van der Waals surface area contributed by atoms with Crippen molar-refractivity contribution < 1.29 is 5.11 Å². The first-order chi connectivity index (χ1) is 9.11. The fourth-order valence-corrected chi connectivity index (χ4v) is 3.10. The van der Waals surface area contributed by atoms with Crippen LogP contribution >= 0.6 is 11.6 Å². The Morgan fingerprint density at radius 2 is 2.00 bits per heavy atom. The van der Waals surface area contributed by atoms with Crippen LogP contribution in [0.25, 0.3) is 0 Å². The second-order valence-electron chi connectivity index (χ2n) is 5.37. The molecule has 1 aliphatic carbocycles. The van der Waals surface area contributed by atoms with Crippen molar-refractivity contribution in [2.24, 2.45) is 5.73 Å². The van der Waals surface area contributed by atoms with Crippen LogP contribution in [0.2, 0.25) is 5.02 Å². The molecule has 4 heteroatoms. The molecular formula is C15H23ClN2O. The van der Waals surface area contributed by atoms with Crippen LogP contribution in [-0.2, 0) is 6.54 Å². The zero-order valence-corrected chi connectivity index (χ0v) is 12.2. The second-order valence-corrected chi connectivity index (χ2v) is 5.78. The zero-order chi connectivity index (χ0) is 13.8. The van der Waals surface area contributed by atoms with Gasteiger partial charge in [-0.05, 0) is 44.4 Å². The summed E-state index contributed by atoms with van der Waals surface area (Å²) >= 11 is 6.19. The zero-order valence-electron chi connectivity index (χ0n) is 11.5. The molecule has 0 saturated heterocycles. The molecule has 0 heterocycles. The SMILES string of the molecule is CCN(Cc1c(O)cccc1Cl)C1CCC(N)CC1. The van der Waals surface area contributed by atoms with Crippen molar-refractivity contribution >= 4 is 11.6 Å². The Labute approximate surface area is 120 Å². The quantitative estimate of drug-likeness (QED) is 0.892. The van der Waals surface area contributed by atoms with Crippen molar-refractivity contribution in [1.82, 2.24) is 4.90 Å². The lowest BCUT2D eigenvalue weighted by molar-refractivity contribution is 0.148. The topological polar surface area (TPSA) is 49.5 Å². The predicted molar refractivity (Wildman–Crippen MR) is 79.4 cm³/mol. The number of phenols is 1. The van der Waals surface area contributed by atoms with Gasteiger partial charge in [0, 0.05) is 29.2 Å². The van der Waals surface area contributed by atoms with E-state index in [0.717, 1.165) is 37.8 Å². The van der Waals surface area contributed by atoms with Gasteiger partial charge in [0.05, 0.1) is 0 Å². The van der Waals surface area contributed by atoms with Crippen LogP contribution in [0.4, 0.5) is 0 Å². The maximum Gasteiger partial charge on any atom is 0.121 e. The van der Waals surface area contributed by atoms with E-state index in [0.29, 0.717) is 29.4 Å². The Balaban J connectivity index is 2.06. The normalized spacial score (nSPS) is 23.8. The van der Waals surface area contributed by atoms with Gasteiger partial charge in [0.25, 0.3) is 0 Å². The number of hydrogen-bond donors (Lipinski definition) is 2. The minimum atomic E-state index is 0.290. The Morgan fingerprint density at radius 1 is 1.32 bits per heavy atom. The number of aromatic hydroxyl groups is 1. The monoisotopic (exact) mass is 282 g/mol. The molecule has 0 unspecified atom stereocenters. The molecule has 2 rings (SSSR count). The van der Waals surface area contributed by atoms with E-state index in [1.54, 1.807) is 12.1 Å². The average molecular weight is 283 g/mol. The van der Waals surface area contributed by atoms with Gasteiger partial charge in [-0.25, -0.2) is 0 Å². The third-order valence-corrected chi connectivity index (χ3v) is 4.47. The molecule has 1 aromatic rings. The van der Waals surface area contributed by atoms with Gasteiger partial charge in [-0.2, -0.15) is 0 Å². The fourth-order valence-electron chi connectivity index (χ4n) is 2.87. The van der Waals surface area contributed by atoms with Gasteiger partial charge in [0.1, 0.15) is 5.75 Å². The highest BCUT2D eigenvalue weighted by atomic mass is 35.5. The van der Waals surface area contributed by atoms with Gasteiger partial charge < -0.3 is 10.8 Å². The Bertz CT molecular complexity index is 396. The lowest BCUT2D eigenvalue weighted by Crippen LogP contribution is -2.40. The molecule has 1 saturated carbocycles. The van der Waals surface area contributed by atoms with Gasteiger partial charge >= 0.3 is 0 Å². The van der Waals surface area contributed by atoms with Crippen LogP contribution in [0, 0.1) is 0 Å². The summed E-state index contributed by atoms with van der Waals surface area (Å²) < 4.78 is 0. The van der Waals surface area contributed by atoms with E-state index >= 15 is 0 Å². The van der Waals surface area contributed by atoms with Gasteiger partial charge in [-0.1, -0.05) is 24.6 Å². The van der Waals surface area contributed by atoms with Crippen molar-refractivity contribution in [2.45, 2.75) is 51.2 Å². The van der Waals surface area contributed by atoms with Crippen LogP contribution in [0.3, 0.4) is 0 Å². The number of rotatable bonds is 4. The second kappa shape index (κ2) is 6.60. The molecule has 0 aliphatic heterocycles. The molecule has 0 aromatic heterocycles. The van der Waals surface area contributed by atoms with E-state index in [1.165, 1.54) is 0 Å². The molecule has 1 aliphatic rings. The first kappa shape index (κ1) is 14.6. The number of phenolic OH excluding ortho intramolecular Hbond substituents is 1. The van der Waals surface area contributed by atoms with Gasteiger partial charge in [0.15, 0.2) is 0 Å². The third kappa shape index (κ3) is 3.62. The first-order valence-electron chi connectivity index (χ1n) is 7.07. The largest absolute Gasteiger partial charge is 0.508 e. The highest BCUT2D eigenvalue weighted by Crippen LogP contribution is 2.29. The molecule has 3 N–H and O–H groups in total. The summed E-state index contributed by atoms with van der Waals surface area (Å²) in [6.45, 7) is 3.83. The molecule has 0 bridgehead atoms. The van der Waals surface area contributed by atoms with Crippen LogP contribution < -0.4 is 5.73 Å². The van der Waals surface area contributed by atoms with Gasteiger partial charge in [-0.3, -0.25) is 4.90 Å². The fraction of sp³-hybridized carbons (Fsp3) is 0.600. The molecule has 0 spiro atoms. The van der Waals surface area contributed by atoms with E-state index in [-0.39, 0.29) is 0 Å². The molecular weight excluding hydrogens is 260 g/mol. The van der Waals surface area contributed by atoms with Crippen LogP contribution in [0.5, 0.6) is 5.75 Å². The van der Waals surface area contributed by atoms with E-state index in [9.17, 15) is 5.11 Å². The molecule has 1 aromatic carbocycles.